The van der Waals surface area contributed by atoms with Crippen molar-refractivity contribution in [3.63, 3.8) is 0 Å². The van der Waals surface area contributed by atoms with Crippen LogP contribution in [0.15, 0.2) is 36.4 Å². The molecule has 1 aliphatic rings. The molecule has 12 nitrogen and oxygen atoms in total. The van der Waals surface area contributed by atoms with Crippen LogP contribution in [-0.4, -0.2) is 116 Å². The topological polar surface area (TPSA) is 133 Å². The third-order valence-electron chi connectivity index (χ3n) is 5.20. The lowest BCUT2D eigenvalue weighted by Crippen LogP contribution is -2.15. The zero-order chi connectivity index (χ0) is 28.1. The molecule has 0 atom stereocenters. The average Bonchev–Trinajstić information content (AvgIpc) is 2.93. The number of hydrogen-bond acceptors (Lipinski definition) is 12. The van der Waals surface area contributed by atoms with Gasteiger partial charge < -0.3 is 57.6 Å². The third kappa shape index (κ3) is 14.4. The highest BCUT2D eigenvalue weighted by molar-refractivity contribution is 5.42. The number of phenols is 2. The number of benzene rings is 2. The maximum absolute atomic E-state index is 9.93. The predicted octanol–water partition coefficient (Wildman–Crippen LogP) is 2.43. The fourth-order valence-corrected chi connectivity index (χ4v) is 3.40. The Morgan fingerprint density at radius 2 is 0.500 bits per heavy atom. The van der Waals surface area contributed by atoms with Crippen LogP contribution in [0.3, 0.4) is 0 Å². The zero-order valence-electron chi connectivity index (χ0n) is 22.8. The van der Waals surface area contributed by atoms with E-state index in [1.165, 1.54) is 24.3 Å². The van der Waals surface area contributed by atoms with Gasteiger partial charge in [0.15, 0.2) is 0 Å². The number of rotatable bonds is 0. The molecule has 2 N–H and O–H groups in total. The fourth-order valence-electron chi connectivity index (χ4n) is 3.40. The molecule has 3 rings (SSSR count). The van der Waals surface area contributed by atoms with Crippen molar-refractivity contribution in [1.82, 2.24) is 0 Å². The van der Waals surface area contributed by atoms with Gasteiger partial charge in [-0.25, -0.2) is 0 Å². The van der Waals surface area contributed by atoms with Gasteiger partial charge in [0.25, 0.3) is 0 Å². The number of aromatic hydroxyl groups is 2. The Labute approximate surface area is 234 Å². The molecule has 12 heteroatoms. The van der Waals surface area contributed by atoms with Crippen molar-refractivity contribution in [3.05, 3.63) is 36.4 Å². The maximum Gasteiger partial charge on any atom is 0.126 e. The first kappa shape index (κ1) is 31.5. The van der Waals surface area contributed by atoms with E-state index in [9.17, 15) is 10.2 Å². The molecule has 0 saturated carbocycles. The summed E-state index contributed by atoms with van der Waals surface area (Å²) in [5, 5.41) is 19.9. The second-order valence-electron chi connectivity index (χ2n) is 8.39. The molecule has 224 valence electrons. The zero-order valence-corrected chi connectivity index (χ0v) is 22.8. The summed E-state index contributed by atoms with van der Waals surface area (Å²) in [5.41, 5.74) is 0. The molecule has 0 unspecified atom stereocenters. The molecule has 0 amide bonds. The van der Waals surface area contributed by atoms with Crippen molar-refractivity contribution < 1.29 is 57.6 Å². The first-order chi connectivity index (χ1) is 19.7. The predicted molar refractivity (Wildman–Crippen MR) is 143 cm³/mol. The van der Waals surface area contributed by atoms with Gasteiger partial charge in [-0.15, -0.1) is 0 Å². The first-order valence-corrected chi connectivity index (χ1v) is 13.3. The van der Waals surface area contributed by atoms with E-state index < -0.39 is 0 Å². The quantitative estimate of drug-likeness (QED) is 0.484. The summed E-state index contributed by atoms with van der Waals surface area (Å²) < 4.78 is 55.6. The molecule has 0 radical (unpaired) electrons. The Kier molecular flexibility index (Phi) is 15.7. The highest BCUT2D eigenvalue weighted by Crippen LogP contribution is 2.27. The molecule has 40 heavy (non-hydrogen) atoms. The Morgan fingerprint density at radius 1 is 0.300 bits per heavy atom. The minimum Gasteiger partial charge on any atom is -0.508 e. The van der Waals surface area contributed by atoms with Gasteiger partial charge in [-0.1, -0.05) is 0 Å². The second kappa shape index (κ2) is 20.0. The van der Waals surface area contributed by atoms with Crippen LogP contribution in [0, 0.1) is 0 Å². The first-order valence-electron chi connectivity index (χ1n) is 13.3. The molecule has 2 aromatic carbocycles. The summed E-state index contributed by atoms with van der Waals surface area (Å²) >= 11 is 0. The van der Waals surface area contributed by atoms with E-state index >= 15 is 0 Å². The number of hydrogen-bond donors (Lipinski definition) is 2. The van der Waals surface area contributed by atoms with Crippen LogP contribution in [0.25, 0.3) is 0 Å². The van der Waals surface area contributed by atoms with E-state index in [1.54, 1.807) is 12.1 Å². The SMILES string of the molecule is Oc1cc2cc(c1)OCCOCCOCCOCCOc1cc(O)cc(c1)OCCOCCOCCOCCO2. The van der Waals surface area contributed by atoms with E-state index in [1.807, 2.05) is 0 Å². The molecule has 1 aliphatic heterocycles. The van der Waals surface area contributed by atoms with Crippen LogP contribution in [0.2, 0.25) is 0 Å². The van der Waals surface area contributed by atoms with Gasteiger partial charge in [0.05, 0.1) is 79.3 Å². The van der Waals surface area contributed by atoms with Crippen molar-refractivity contribution >= 4 is 0 Å². The molecular formula is C28H40O12. The van der Waals surface area contributed by atoms with E-state index in [2.05, 4.69) is 0 Å². The lowest BCUT2D eigenvalue weighted by atomic mass is 10.3. The molecule has 0 fully saturated rings. The van der Waals surface area contributed by atoms with Crippen LogP contribution >= 0.6 is 0 Å². The summed E-state index contributed by atoms with van der Waals surface area (Å²) in [6.45, 7) is 6.09. The fraction of sp³-hybridized carbons (Fsp3) is 0.571. The van der Waals surface area contributed by atoms with Crippen LogP contribution in [-0.2, 0) is 28.4 Å². The van der Waals surface area contributed by atoms with E-state index in [0.29, 0.717) is 129 Å². The van der Waals surface area contributed by atoms with Gasteiger partial charge >= 0.3 is 0 Å². The van der Waals surface area contributed by atoms with Gasteiger partial charge in [0, 0.05) is 36.4 Å². The Bertz CT molecular complexity index is 802. The van der Waals surface area contributed by atoms with E-state index in [0.717, 1.165) is 0 Å². The molecule has 0 saturated heterocycles. The molecule has 2 aromatic rings. The van der Waals surface area contributed by atoms with Crippen molar-refractivity contribution in [3.8, 4) is 34.5 Å². The number of fused-ring (bicyclic) bond motifs is 4. The summed E-state index contributed by atoms with van der Waals surface area (Å²) in [6.07, 6.45) is 0. The van der Waals surface area contributed by atoms with E-state index in [-0.39, 0.29) is 11.5 Å². The normalized spacial score (nSPS) is 18.8. The van der Waals surface area contributed by atoms with Crippen molar-refractivity contribution in [2.24, 2.45) is 0 Å². The largest absolute Gasteiger partial charge is 0.508 e. The Morgan fingerprint density at radius 3 is 0.725 bits per heavy atom. The Balaban J connectivity index is 1.38. The van der Waals surface area contributed by atoms with Gasteiger partial charge in [-0.05, 0) is 0 Å². The maximum atomic E-state index is 9.93. The van der Waals surface area contributed by atoms with Gasteiger partial charge in [-0.3, -0.25) is 0 Å². The van der Waals surface area contributed by atoms with Gasteiger partial charge in [-0.2, -0.15) is 0 Å². The minimum absolute atomic E-state index is 0.0454. The lowest BCUT2D eigenvalue weighted by Gasteiger charge is -2.12. The van der Waals surface area contributed by atoms with Crippen molar-refractivity contribution in [1.29, 1.82) is 0 Å². The number of phenolic OH excluding ortho intramolecular Hbond substituents is 2. The van der Waals surface area contributed by atoms with Crippen LogP contribution in [0.4, 0.5) is 0 Å². The Hall–Kier alpha value is -3.00. The third-order valence-corrected chi connectivity index (χ3v) is 5.20. The standard InChI is InChI=1S/C28H40O12/c29-23-17-25-21-26(18-23)39-15-11-35-7-3-32-4-8-36-12-16-40-28-20-24(30)19-27(22-28)38-14-10-34-6-2-31-1-5-33-9-13-37-25/h17-22,29-30H,1-16H2. The minimum atomic E-state index is 0.0454. The highest BCUT2D eigenvalue weighted by Gasteiger charge is 2.05. The molecule has 1 heterocycles. The summed E-state index contributed by atoms with van der Waals surface area (Å²) in [4.78, 5) is 0. The average molecular weight is 569 g/mol. The second-order valence-corrected chi connectivity index (χ2v) is 8.39. The molecule has 0 aliphatic carbocycles. The lowest BCUT2D eigenvalue weighted by molar-refractivity contribution is 0.00431. The van der Waals surface area contributed by atoms with Crippen LogP contribution < -0.4 is 18.9 Å². The molecule has 0 spiro atoms. The van der Waals surface area contributed by atoms with Crippen LogP contribution in [0.1, 0.15) is 0 Å². The summed E-state index contributed by atoms with van der Waals surface area (Å²) in [5.74, 6) is 2.02. The molecular weight excluding hydrogens is 528 g/mol. The smallest absolute Gasteiger partial charge is 0.126 e. The van der Waals surface area contributed by atoms with Crippen molar-refractivity contribution in [2.45, 2.75) is 0 Å². The highest BCUT2D eigenvalue weighted by atomic mass is 16.6. The summed E-state index contributed by atoms with van der Waals surface area (Å²) in [6, 6.07) is 9.45. The number of ether oxygens (including phenoxy) is 10. The summed E-state index contributed by atoms with van der Waals surface area (Å²) in [7, 11) is 0. The van der Waals surface area contributed by atoms with Gasteiger partial charge in [0.2, 0.25) is 0 Å². The van der Waals surface area contributed by atoms with Crippen LogP contribution in [0.5, 0.6) is 34.5 Å². The van der Waals surface area contributed by atoms with Crippen molar-refractivity contribution in [2.75, 3.05) is 106 Å². The molecule has 0 aromatic heterocycles. The van der Waals surface area contributed by atoms with Gasteiger partial charge in [0.1, 0.15) is 60.9 Å². The van der Waals surface area contributed by atoms with E-state index in [4.69, 9.17) is 47.4 Å². The monoisotopic (exact) mass is 568 g/mol. The molecule has 4 bridgehead atoms.